The van der Waals surface area contributed by atoms with Gasteiger partial charge in [0.25, 0.3) is 0 Å². The van der Waals surface area contributed by atoms with Crippen LogP contribution >= 0.6 is 0 Å². The van der Waals surface area contributed by atoms with E-state index in [-0.39, 0.29) is 17.9 Å². The highest BCUT2D eigenvalue weighted by molar-refractivity contribution is 5.95. The van der Waals surface area contributed by atoms with E-state index in [1.165, 1.54) is 12.1 Å². The first-order valence-electron chi connectivity index (χ1n) is 4.40. The lowest BCUT2D eigenvalue weighted by atomic mass is 10.2. The minimum absolute atomic E-state index is 0.165. The highest BCUT2D eigenvalue weighted by Gasteiger charge is 2.20. The van der Waals surface area contributed by atoms with Crippen molar-refractivity contribution in [2.75, 3.05) is 6.61 Å². The highest BCUT2D eigenvalue weighted by Crippen LogP contribution is 2.19. The Morgan fingerprint density at radius 2 is 2.20 bits per heavy atom. The number of diazo groups is 1. The van der Waals surface area contributed by atoms with Crippen LogP contribution in [0.25, 0.3) is 4.98 Å². The molecule has 0 fully saturated rings. The monoisotopic (exact) mass is 203 g/mol. The van der Waals surface area contributed by atoms with Gasteiger partial charge < -0.3 is 4.74 Å². The van der Waals surface area contributed by atoms with E-state index in [9.17, 15) is 4.79 Å². The minimum Gasteiger partial charge on any atom is -0.457 e. The summed E-state index contributed by atoms with van der Waals surface area (Å²) in [5.74, 6) is -0.522. The van der Waals surface area contributed by atoms with Gasteiger partial charge in [0.05, 0.1) is 0 Å². The zero-order valence-corrected chi connectivity index (χ0v) is 8.43. The Morgan fingerprint density at radius 1 is 1.53 bits per heavy atom. The summed E-state index contributed by atoms with van der Waals surface area (Å²) >= 11 is 0. The maximum absolute atomic E-state index is 11.5. The maximum atomic E-state index is 11.5. The molecule has 1 aromatic carbocycles. The van der Waals surface area contributed by atoms with E-state index in [1.54, 1.807) is 19.1 Å². The van der Waals surface area contributed by atoms with Crippen molar-refractivity contribution in [1.82, 2.24) is 0 Å². The fraction of sp³-hybridized carbons (Fsp3) is 0.182. The quantitative estimate of drug-likeness (QED) is 0.431. The molecule has 0 amide bonds. The predicted molar refractivity (Wildman–Crippen MR) is 56.3 cm³/mol. The van der Waals surface area contributed by atoms with E-state index in [4.69, 9.17) is 10.1 Å². The molecular weight excluding hydrogens is 192 g/mol. The summed E-state index contributed by atoms with van der Waals surface area (Å²) < 4.78 is 4.92. The Kier molecular flexibility index (Phi) is 3.58. The number of benzene rings is 1. The lowest BCUT2D eigenvalue weighted by Crippen LogP contribution is -2.06. The number of carbonyl (C=O) groups is 1. The molecule has 4 heteroatoms. The molecule has 0 heterocycles. The van der Waals surface area contributed by atoms with Crippen LogP contribution in [0.2, 0.25) is 0 Å². The molecule has 15 heavy (non-hydrogen) atoms. The van der Waals surface area contributed by atoms with Gasteiger partial charge >= 0.3 is 11.7 Å². The zero-order valence-electron chi connectivity index (χ0n) is 8.43. The number of ether oxygens (including phenoxy) is 1. The summed E-state index contributed by atoms with van der Waals surface area (Å²) in [4.78, 5) is 14.5. The smallest absolute Gasteiger partial charge is 0.399 e. The van der Waals surface area contributed by atoms with Crippen molar-refractivity contribution in [3.63, 3.8) is 0 Å². The first-order chi connectivity index (χ1) is 7.15. The first-order valence-corrected chi connectivity index (χ1v) is 4.40. The van der Waals surface area contributed by atoms with Gasteiger partial charge in [-0.05, 0) is 18.6 Å². The van der Waals surface area contributed by atoms with Crippen LogP contribution in [0.1, 0.15) is 17.3 Å². The van der Waals surface area contributed by atoms with Crippen LogP contribution in [0.4, 0.5) is 5.69 Å². The molecule has 1 aromatic rings. The molecule has 0 aliphatic heterocycles. The van der Waals surface area contributed by atoms with Gasteiger partial charge in [0, 0.05) is 6.07 Å². The molecule has 0 saturated heterocycles. The van der Waals surface area contributed by atoms with E-state index in [0.717, 1.165) is 5.57 Å². The van der Waals surface area contributed by atoms with E-state index >= 15 is 0 Å². The van der Waals surface area contributed by atoms with Crippen LogP contribution in [0.15, 0.2) is 36.4 Å². The number of esters is 1. The third-order valence-electron chi connectivity index (χ3n) is 1.68. The summed E-state index contributed by atoms with van der Waals surface area (Å²) in [5, 5.41) is 8.64. The van der Waals surface area contributed by atoms with E-state index in [0.29, 0.717) is 0 Å². The standard InChI is InChI=1S/C11H11N2O2/c1-8(2)7-15-11(14)9-5-3-4-6-10(9)13-12/h3-6H,1,7H2,2H3/q+1. The molecule has 0 atom stereocenters. The van der Waals surface area contributed by atoms with Gasteiger partial charge in [0.2, 0.25) is 5.39 Å². The van der Waals surface area contributed by atoms with Crippen molar-refractivity contribution in [3.05, 3.63) is 47.0 Å². The highest BCUT2D eigenvalue weighted by atomic mass is 16.5. The van der Waals surface area contributed by atoms with Gasteiger partial charge in [-0.15, -0.1) is 0 Å². The molecule has 1 rings (SSSR count). The second-order valence-electron chi connectivity index (χ2n) is 3.15. The number of hydrogen-bond donors (Lipinski definition) is 0. The molecule has 0 spiro atoms. The van der Waals surface area contributed by atoms with Crippen LogP contribution < -0.4 is 0 Å². The van der Waals surface area contributed by atoms with Crippen molar-refractivity contribution in [2.24, 2.45) is 0 Å². The molecule has 0 unspecified atom stereocenters. The number of nitrogens with zero attached hydrogens (tertiary/aromatic N) is 2. The molecule has 0 N–H and O–H groups in total. The summed E-state index contributed by atoms with van der Waals surface area (Å²) in [5.41, 5.74) is 1.19. The number of hydrogen-bond acceptors (Lipinski definition) is 3. The van der Waals surface area contributed by atoms with Gasteiger partial charge in [0.15, 0.2) is 10.5 Å². The van der Waals surface area contributed by atoms with Gasteiger partial charge in [-0.2, -0.15) is 0 Å². The fourth-order valence-corrected chi connectivity index (χ4v) is 1.000. The fourth-order valence-electron chi connectivity index (χ4n) is 1.000. The summed E-state index contributed by atoms with van der Waals surface area (Å²) in [6.07, 6.45) is 0. The minimum atomic E-state index is -0.522. The largest absolute Gasteiger partial charge is 0.457 e. The topological polar surface area (TPSA) is 54.5 Å². The van der Waals surface area contributed by atoms with E-state index in [1.807, 2.05) is 0 Å². The molecule has 76 valence electrons. The lowest BCUT2D eigenvalue weighted by Gasteiger charge is -2.01. The average molecular weight is 203 g/mol. The van der Waals surface area contributed by atoms with E-state index < -0.39 is 5.97 Å². The normalized spacial score (nSPS) is 9.07. The predicted octanol–water partition coefficient (Wildman–Crippen LogP) is 2.90. The summed E-state index contributed by atoms with van der Waals surface area (Å²) in [6, 6.07) is 6.41. The lowest BCUT2D eigenvalue weighted by molar-refractivity contribution is 0.0541. The van der Waals surface area contributed by atoms with Gasteiger partial charge in [0.1, 0.15) is 6.61 Å². The third kappa shape index (κ3) is 2.92. The maximum Gasteiger partial charge on any atom is 0.399 e. The molecular formula is C11H11N2O2+. The van der Waals surface area contributed by atoms with Crippen LogP contribution in [0.5, 0.6) is 0 Å². The second-order valence-corrected chi connectivity index (χ2v) is 3.15. The van der Waals surface area contributed by atoms with Crippen LogP contribution in [0, 0.1) is 5.39 Å². The Balaban J connectivity index is 2.83. The summed E-state index contributed by atoms with van der Waals surface area (Å²) in [6.45, 7) is 5.54. The van der Waals surface area contributed by atoms with Crippen molar-refractivity contribution in [2.45, 2.75) is 6.92 Å². The molecule has 0 saturated carbocycles. The first kappa shape index (κ1) is 10.9. The SMILES string of the molecule is C=C(C)COC(=O)c1ccccc1[N+]#N. The number of carbonyl (C=O) groups excluding carboxylic acids is 1. The van der Waals surface area contributed by atoms with Gasteiger partial charge in [-0.3, -0.25) is 0 Å². The van der Waals surface area contributed by atoms with Crippen LogP contribution in [0.3, 0.4) is 0 Å². The van der Waals surface area contributed by atoms with Crippen molar-refractivity contribution < 1.29 is 9.53 Å². The molecule has 0 bridgehead atoms. The average Bonchev–Trinajstić information content (AvgIpc) is 2.25. The third-order valence-corrected chi connectivity index (χ3v) is 1.68. The number of rotatable bonds is 3. The Bertz CT molecular complexity index is 432. The summed E-state index contributed by atoms with van der Waals surface area (Å²) in [7, 11) is 0. The Labute approximate surface area is 87.8 Å². The molecule has 0 radical (unpaired) electrons. The Hall–Kier alpha value is -2.15. The van der Waals surface area contributed by atoms with Gasteiger partial charge in [-0.25, -0.2) is 4.79 Å². The van der Waals surface area contributed by atoms with Crippen molar-refractivity contribution in [1.29, 1.82) is 5.39 Å². The molecule has 0 aliphatic rings. The van der Waals surface area contributed by atoms with Crippen molar-refractivity contribution in [3.8, 4) is 0 Å². The van der Waals surface area contributed by atoms with Gasteiger partial charge in [-0.1, -0.05) is 18.7 Å². The molecule has 0 aliphatic carbocycles. The zero-order chi connectivity index (χ0) is 11.3. The van der Waals surface area contributed by atoms with E-state index in [2.05, 4.69) is 11.6 Å². The second kappa shape index (κ2) is 4.91. The molecule has 0 aromatic heterocycles. The molecule has 4 nitrogen and oxygen atoms in total. The Morgan fingerprint density at radius 3 is 2.80 bits per heavy atom. The van der Waals surface area contributed by atoms with Crippen LogP contribution in [-0.2, 0) is 4.74 Å². The van der Waals surface area contributed by atoms with Crippen LogP contribution in [-0.4, -0.2) is 12.6 Å². The van der Waals surface area contributed by atoms with Crippen molar-refractivity contribution >= 4 is 11.7 Å².